The van der Waals surface area contributed by atoms with Crippen molar-refractivity contribution in [3.8, 4) is 0 Å². The number of rotatable bonds is 2. The van der Waals surface area contributed by atoms with Gasteiger partial charge in [-0.1, -0.05) is 0 Å². The normalized spacial score (nSPS) is 24.9. The summed E-state index contributed by atoms with van der Waals surface area (Å²) in [5, 5.41) is 1.99. The molecule has 8 heteroatoms. The maximum atomic E-state index is 13.1. The van der Waals surface area contributed by atoms with Crippen LogP contribution in [-0.4, -0.2) is 78.6 Å². The summed E-state index contributed by atoms with van der Waals surface area (Å²) in [7, 11) is 2.15. The summed E-state index contributed by atoms with van der Waals surface area (Å²) in [4.78, 5) is 30.2. The first kappa shape index (κ1) is 19.0. The Hall–Kier alpha value is -2.03. The first-order chi connectivity index (χ1) is 14.1. The van der Waals surface area contributed by atoms with Crippen LogP contribution in [0.3, 0.4) is 0 Å². The zero-order valence-corrected chi connectivity index (χ0v) is 17.9. The maximum Gasteiger partial charge on any atom is 0.264 e. The van der Waals surface area contributed by atoms with Crippen molar-refractivity contribution in [1.29, 1.82) is 0 Å². The summed E-state index contributed by atoms with van der Waals surface area (Å²) >= 11 is 1.53. The van der Waals surface area contributed by atoms with E-state index in [0.29, 0.717) is 19.8 Å². The van der Waals surface area contributed by atoms with Crippen LogP contribution >= 0.6 is 11.3 Å². The minimum Gasteiger partial charge on any atom is -0.376 e. The van der Waals surface area contributed by atoms with Gasteiger partial charge in [0.05, 0.1) is 29.2 Å². The number of piperazine rings is 1. The molecule has 2 aromatic heterocycles. The van der Waals surface area contributed by atoms with E-state index in [1.807, 2.05) is 29.5 Å². The number of aromatic nitrogens is 2. The molecule has 1 amide bonds. The maximum absolute atomic E-state index is 13.1. The number of anilines is 1. The van der Waals surface area contributed by atoms with Crippen LogP contribution in [0.15, 0.2) is 17.6 Å². The van der Waals surface area contributed by atoms with Crippen molar-refractivity contribution in [2.24, 2.45) is 0 Å². The molecule has 2 aromatic rings. The third-order valence-electron chi connectivity index (χ3n) is 6.47. The van der Waals surface area contributed by atoms with E-state index in [-0.39, 0.29) is 11.3 Å². The summed E-state index contributed by atoms with van der Waals surface area (Å²) in [5.74, 6) is 0.951. The average Bonchev–Trinajstić information content (AvgIpc) is 3.35. The molecular formula is C21H27N5O2S. The van der Waals surface area contributed by atoms with Crippen molar-refractivity contribution in [1.82, 2.24) is 19.8 Å². The number of hydrogen-bond acceptors (Lipinski definition) is 7. The fourth-order valence-electron chi connectivity index (χ4n) is 4.64. The second-order valence-electron chi connectivity index (χ2n) is 8.52. The average molecular weight is 414 g/mol. The molecule has 29 heavy (non-hydrogen) atoms. The molecule has 0 bridgehead atoms. The number of ether oxygens (including phenoxy) is 1. The smallest absolute Gasteiger partial charge is 0.264 e. The highest BCUT2D eigenvalue weighted by atomic mass is 32.1. The summed E-state index contributed by atoms with van der Waals surface area (Å²) < 4.78 is 5.94. The molecule has 1 atom stereocenters. The molecule has 0 aromatic carbocycles. The number of carbonyl (C=O) groups excluding carboxylic acids is 1. The van der Waals surface area contributed by atoms with Crippen LogP contribution < -0.4 is 4.90 Å². The van der Waals surface area contributed by atoms with Gasteiger partial charge in [-0.2, -0.15) is 0 Å². The number of nitrogens with zero attached hydrogens (tertiary/aromatic N) is 5. The second-order valence-corrected chi connectivity index (χ2v) is 9.43. The van der Waals surface area contributed by atoms with Gasteiger partial charge in [0.15, 0.2) is 0 Å². The first-order valence-electron chi connectivity index (χ1n) is 10.3. The van der Waals surface area contributed by atoms with Gasteiger partial charge in [-0.05, 0) is 37.4 Å². The number of thiophene rings is 1. The molecular weight excluding hydrogens is 386 g/mol. The van der Waals surface area contributed by atoms with Crippen molar-refractivity contribution in [2.45, 2.75) is 25.4 Å². The van der Waals surface area contributed by atoms with E-state index in [0.717, 1.165) is 66.8 Å². The van der Waals surface area contributed by atoms with Crippen molar-refractivity contribution < 1.29 is 9.53 Å². The Morgan fingerprint density at radius 2 is 2.07 bits per heavy atom. The van der Waals surface area contributed by atoms with Gasteiger partial charge in [-0.25, -0.2) is 9.97 Å². The topological polar surface area (TPSA) is 61.8 Å². The molecule has 2 saturated heterocycles. The predicted molar refractivity (Wildman–Crippen MR) is 113 cm³/mol. The fourth-order valence-corrected chi connectivity index (χ4v) is 5.53. The monoisotopic (exact) mass is 413 g/mol. The van der Waals surface area contributed by atoms with Gasteiger partial charge in [-0.15, -0.1) is 11.3 Å². The van der Waals surface area contributed by atoms with Gasteiger partial charge in [0, 0.05) is 51.0 Å². The van der Waals surface area contributed by atoms with Crippen LogP contribution in [0, 0.1) is 6.92 Å². The number of carbonyl (C=O) groups is 1. The standard InChI is InChI=1S/C21H27N5O2S/c1-15-3-10-29-17(15)19(27)26-5-4-21(13-26)14-28-12-16-11-22-20(23-18(16)21)25-8-6-24(2)7-9-25/h3,10-11H,4-9,12-14H2,1-2H3. The molecule has 3 aliphatic rings. The number of likely N-dealkylation sites (tertiary alicyclic amines) is 1. The first-order valence-corrected chi connectivity index (χ1v) is 11.1. The molecule has 7 nitrogen and oxygen atoms in total. The minimum atomic E-state index is -0.224. The van der Waals surface area contributed by atoms with Crippen molar-refractivity contribution in [3.05, 3.63) is 39.3 Å². The van der Waals surface area contributed by atoms with Crippen molar-refractivity contribution in [3.63, 3.8) is 0 Å². The van der Waals surface area contributed by atoms with Crippen LogP contribution in [0.25, 0.3) is 0 Å². The van der Waals surface area contributed by atoms with Crippen molar-refractivity contribution >= 4 is 23.2 Å². The Bertz CT molecular complexity index is 924. The van der Waals surface area contributed by atoms with Gasteiger partial charge < -0.3 is 19.4 Å². The largest absolute Gasteiger partial charge is 0.376 e. The molecule has 5 heterocycles. The number of aryl methyl sites for hydroxylation is 1. The molecule has 0 N–H and O–H groups in total. The molecule has 3 aliphatic heterocycles. The van der Waals surface area contributed by atoms with Crippen molar-refractivity contribution in [2.75, 3.05) is 57.8 Å². The molecule has 0 aliphatic carbocycles. The van der Waals surface area contributed by atoms with E-state index < -0.39 is 0 Å². The molecule has 1 spiro atoms. The third-order valence-corrected chi connectivity index (χ3v) is 7.48. The Labute approximate surface area is 175 Å². The lowest BCUT2D eigenvalue weighted by molar-refractivity contribution is 0.0485. The van der Waals surface area contributed by atoms with E-state index in [1.165, 1.54) is 11.3 Å². The SMILES string of the molecule is Cc1ccsc1C(=O)N1CCC2(COCc3cnc(N4CCN(C)CC4)nc32)C1. The van der Waals surface area contributed by atoms with Gasteiger partial charge in [0.1, 0.15) is 0 Å². The van der Waals surface area contributed by atoms with Gasteiger partial charge in [0.25, 0.3) is 5.91 Å². The molecule has 0 saturated carbocycles. The van der Waals surface area contributed by atoms with E-state index in [2.05, 4.69) is 21.8 Å². The quantitative estimate of drug-likeness (QED) is 0.750. The minimum absolute atomic E-state index is 0.134. The highest BCUT2D eigenvalue weighted by molar-refractivity contribution is 7.12. The summed E-state index contributed by atoms with van der Waals surface area (Å²) in [5.41, 5.74) is 2.99. The molecule has 154 valence electrons. The Morgan fingerprint density at radius 1 is 1.24 bits per heavy atom. The summed E-state index contributed by atoms with van der Waals surface area (Å²) in [6.07, 6.45) is 2.82. The molecule has 1 unspecified atom stereocenters. The van der Waals surface area contributed by atoms with E-state index >= 15 is 0 Å². The Kier molecular flexibility index (Phi) is 4.80. The lowest BCUT2D eigenvalue weighted by Gasteiger charge is -2.36. The number of fused-ring (bicyclic) bond motifs is 2. The highest BCUT2D eigenvalue weighted by Crippen LogP contribution is 2.40. The Balaban J connectivity index is 1.42. The summed E-state index contributed by atoms with van der Waals surface area (Å²) in [6.45, 7) is 8.52. The lowest BCUT2D eigenvalue weighted by Crippen LogP contribution is -2.46. The van der Waals surface area contributed by atoms with Crippen LogP contribution in [0.2, 0.25) is 0 Å². The third kappa shape index (κ3) is 3.33. The fraction of sp³-hybridized carbons (Fsp3) is 0.571. The lowest BCUT2D eigenvalue weighted by atomic mass is 9.80. The molecule has 2 fully saturated rings. The molecule has 5 rings (SSSR count). The van der Waals surface area contributed by atoms with E-state index in [1.54, 1.807) is 0 Å². The zero-order chi connectivity index (χ0) is 20.0. The Morgan fingerprint density at radius 3 is 2.83 bits per heavy atom. The number of likely N-dealkylation sites (N-methyl/N-ethyl adjacent to an activating group) is 1. The zero-order valence-electron chi connectivity index (χ0n) is 17.1. The van der Waals surface area contributed by atoms with E-state index in [4.69, 9.17) is 9.72 Å². The van der Waals surface area contributed by atoms with Gasteiger partial charge in [0.2, 0.25) is 5.95 Å². The number of hydrogen-bond donors (Lipinski definition) is 0. The van der Waals surface area contributed by atoms with Gasteiger partial charge >= 0.3 is 0 Å². The van der Waals surface area contributed by atoms with Crippen LogP contribution in [-0.2, 0) is 16.8 Å². The predicted octanol–water partition coefficient (Wildman–Crippen LogP) is 1.91. The number of amides is 1. The molecule has 0 radical (unpaired) electrons. The highest BCUT2D eigenvalue weighted by Gasteiger charge is 2.46. The van der Waals surface area contributed by atoms with Gasteiger partial charge in [-0.3, -0.25) is 4.79 Å². The van der Waals surface area contributed by atoms with Crippen LogP contribution in [0.1, 0.15) is 32.9 Å². The van der Waals surface area contributed by atoms with Crippen LogP contribution in [0.5, 0.6) is 0 Å². The second kappa shape index (κ2) is 7.34. The van der Waals surface area contributed by atoms with Crippen LogP contribution in [0.4, 0.5) is 5.95 Å². The summed E-state index contributed by atoms with van der Waals surface area (Å²) in [6, 6.07) is 2.01. The van der Waals surface area contributed by atoms with E-state index in [9.17, 15) is 4.79 Å².